The predicted molar refractivity (Wildman–Crippen MR) is 272 cm³/mol. The van der Waals surface area contributed by atoms with Crippen LogP contribution in [0, 0.1) is 18.1 Å². The second-order valence-corrected chi connectivity index (χ2v) is 24.1. The van der Waals surface area contributed by atoms with Crippen molar-refractivity contribution in [1.29, 1.82) is 0 Å². The van der Waals surface area contributed by atoms with Gasteiger partial charge in [-0.25, -0.2) is 4.98 Å². The number of para-hydroxylation sites is 2. The van der Waals surface area contributed by atoms with Gasteiger partial charge in [-0.15, -0.1) is 54.1 Å². The molecule has 0 spiro atoms. The zero-order chi connectivity index (χ0) is 44.7. The van der Waals surface area contributed by atoms with Gasteiger partial charge in [-0.1, -0.05) is 150 Å². The molecular formula is C58H56IrN4OSi-2. The molecule has 10 aromatic rings. The summed E-state index contributed by atoms with van der Waals surface area (Å²) in [6.45, 7) is 20.8. The molecule has 0 bridgehead atoms. The molecule has 0 unspecified atom stereocenters. The average Bonchev–Trinajstić information content (AvgIpc) is 3.86. The molecule has 1 radical (unpaired) electrons. The molecule has 0 atom stereocenters. The van der Waals surface area contributed by atoms with Gasteiger partial charge in [0.05, 0.1) is 30.5 Å². The average molecular weight is 1050 g/mol. The molecule has 329 valence electrons. The normalized spacial score (nSPS) is 11.8. The van der Waals surface area contributed by atoms with Crippen molar-refractivity contribution in [3.63, 3.8) is 0 Å². The first kappa shape index (κ1) is 45.6. The first-order valence-electron chi connectivity index (χ1n) is 22.7. The number of benzene rings is 6. The van der Waals surface area contributed by atoms with Gasteiger partial charge in [0.2, 0.25) is 0 Å². The van der Waals surface area contributed by atoms with Crippen molar-refractivity contribution in [3.8, 4) is 39.5 Å². The van der Waals surface area contributed by atoms with E-state index in [0.29, 0.717) is 11.6 Å². The number of fused-ring (bicyclic) bond motifs is 5. The summed E-state index contributed by atoms with van der Waals surface area (Å²) in [5.41, 5.74) is 14.8. The summed E-state index contributed by atoms with van der Waals surface area (Å²) in [6.07, 6.45) is 3.24. The van der Waals surface area contributed by atoms with Gasteiger partial charge in [0.25, 0.3) is 0 Å². The molecule has 0 fully saturated rings. The SMILES string of the molecule is CC(C)Cc1cc(-c2[c-]cccc2)ncc1[Si](C)(C)C.CC(C)c1cc(-c2ccccc2)cc(C(C)C)c1-n1c(-c2[c-]ccc3c2oc2ccccc23)nc2nc3ccccc3cc21.[Ir]. The maximum atomic E-state index is 6.53. The summed E-state index contributed by atoms with van der Waals surface area (Å²) < 4.78 is 8.86. The van der Waals surface area contributed by atoms with E-state index in [1.165, 1.54) is 33.0 Å². The van der Waals surface area contributed by atoms with Gasteiger partial charge in [0.1, 0.15) is 5.58 Å². The molecule has 10 rings (SSSR count). The summed E-state index contributed by atoms with van der Waals surface area (Å²) in [7, 11) is -1.34. The summed E-state index contributed by atoms with van der Waals surface area (Å²) >= 11 is 0. The molecule has 65 heavy (non-hydrogen) atoms. The number of pyridine rings is 2. The maximum absolute atomic E-state index is 6.53. The van der Waals surface area contributed by atoms with Crippen molar-refractivity contribution in [2.45, 2.75) is 79.4 Å². The van der Waals surface area contributed by atoms with E-state index in [-0.39, 0.29) is 31.9 Å². The summed E-state index contributed by atoms with van der Waals surface area (Å²) in [6, 6.07) is 55.3. The van der Waals surface area contributed by atoms with E-state index in [0.717, 1.165) is 73.1 Å². The molecule has 7 heteroatoms. The molecular weight excluding hydrogens is 989 g/mol. The second-order valence-electron chi connectivity index (χ2n) is 19.0. The number of aromatic nitrogens is 4. The van der Waals surface area contributed by atoms with Crippen LogP contribution in [-0.2, 0) is 26.5 Å². The van der Waals surface area contributed by atoms with Crippen molar-refractivity contribution < 1.29 is 24.5 Å². The fraction of sp³-hybridized carbons (Fsp3) is 0.224. The Labute approximate surface area is 398 Å². The molecule has 0 saturated carbocycles. The molecule has 6 aromatic carbocycles. The maximum Gasteiger partial charge on any atom is 0.168 e. The van der Waals surface area contributed by atoms with E-state index >= 15 is 0 Å². The van der Waals surface area contributed by atoms with E-state index in [1.54, 1.807) is 0 Å². The van der Waals surface area contributed by atoms with Crippen LogP contribution in [0.2, 0.25) is 19.6 Å². The summed E-state index contributed by atoms with van der Waals surface area (Å²) in [5, 5.41) is 4.71. The van der Waals surface area contributed by atoms with Crippen molar-refractivity contribution in [3.05, 3.63) is 175 Å². The number of rotatable bonds is 9. The fourth-order valence-electron chi connectivity index (χ4n) is 8.95. The van der Waals surface area contributed by atoms with Gasteiger partial charge in [-0.2, -0.15) is 0 Å². The third kappa shape index (κ3) is 9.15. The molecule has 0 aliphatic heterocycles. The topological polar surface area (TPSA) is 56.7 Å². The smallest absolute Gasteiger partial charge is 0.168 e. The van der Waals surface area contributed by atoms with Gasteiger partial charge in [-0.3, -0.25) is 4.98 Å². The van der Waals surface area contributed by atoms with Gasteiger partial charge >= 0.3 is 0 Å². The first-order valence-corrected chi connectivity index (χ1v) is 26.2. The van der Waals surface area contributed by atoms with Crippen LogP contribution in [0.3, 0.4) is 0 Å². The van der Waals surface area contributed by atoms with Crippen LogP contribution >= 0.6 is 0 Å². The first-order chi connectivity index (χ1) is 30.9. The van der Waals surface area contributed by atoms with E-state index in [2.05, 4.69) is 180 Å². The fourth-order valence-corrected chi connectivity index (χ4v) is 10.5. The Morgan fingerprint density at radius 2 is 1.35 bits per heavy atom. The number of furan rings is 1. The minimum atomic E-state index is -1.34. The Morgan fingerprint density at radius 1 is 0.662 bits per heavy atom. The Hall–Kier alpha value is -5.98. The van der Waals surface area contributed by atoms with Crippen molar-refractivity contribution in [1.82, 2.24) is 19.5 Å². The second kappa shape index (κ2) is 18.9. The molecule has 0 aliphatic rings. The van der Waals surface area contributed by atoms with Crippen LogP contribution in [0.15, 0.2) is 150 Å². The van der Waals surface area contributed by atoms with E-state index in [9.17, 15) is 0 Å². The minimum absolute atomic E-state index is 0. The van der Waals surface area contributed by atoms with Gasteiger partial charge in [-0.05, 0) is 87.6 Å². The Morgan fingerprint density at radius 3 is 2.05 bits per heavy atom. The zero-order valence-electron chi connectivity index (χ0n) is 38.8. The van der Waals surface area contributed by atoms with Gasteiger partial charge < -0.3 is 14.0 Å². The van der Waals surface area contributed by atoms with Crippen LogP contribution in [0.1, 0.15) is 70.1 Å². The van der Waals surface area contributed by atoms with Crippen LogP contribution in [0.4, 0.5) is 0 Å². The van der Waals surface area contributed by atoms with E-state index in [1.807, 2.05) is 48.5 Å². The molecule has 4 aromatic heterocycles. The van der Waals surface area contributed by atoms with Crippen molar-refractivity contribution in [2.24, 2.45) is 5.92 Å². The number of hydrogen-bond donors (Lipinski definition) is 0. The largest absolute Gasteiger partial charge is 0.501 e. The summed E-state index contributed by atoms with van der Waals surface area (Å²) in [4.78, 5) is 15.0. The zero-order valence-corrected chi connectivity index (χ0v) is 42.2. The molecule has 0 N–H and O–H groups in total. The monoisotopic (exact) mass is 1050 g/mol. The number of nitrogens with zero attached hydrogens (tertiary/aromatic N) is 4. The number of imidazole rings is 1. The standard InChI is InChI=1S/C40H32N3O.C18H24NSi.Ir/c1-24(2)32-21-28(26-13-6-5-7-14-26)22-33(25(3)4)37(32)43-35-23-27-15-8-10-19-34(27)41-39(35)42-40(43)31-18-12-17-30-29-16-9-11-20-36(29)44-38(30)31;1-14(2)11-16-12-17(15-9-7-6-8-10-15)19-13-18(16)20(3,4)5;/h5-17,19-25H,1-4H3;6-9,12-14H,11H2,1-5H3;/q2*-1;. The molecule has 5 nitrogen and oxygen atoms in total. The molecule has 0 saturated heterocycles. The van der Waals surface area contributed by atoms with Crippen LogP contribution in [0.5, 0.6) is 0 Å². The minimum Gasteiger partial charge on any atom is -0.501 e. The molecule has 0 aliphatic carbocycles. The van der Waals surface area contributed by atoms with Gasteiger partial charge in [0.15, 0.2) is 5.65 Å². The van der Waals surface area contributed by atoms with E-state index < -0.39 is 8.07 Å². The molecule has 0 amide bonds. The van der Waals surface area contributed by atoms with Gasteiger partial charge in [0, 0.05) is 42.8 Å². The Bertz CT molecular complexity index is 3240. The third-order valence-electron chi connectivity index (χ3n) is 12.1. The summed E-state index contributed by atoms with van der Waals surface area (Å²) in [5.74, 6) is 1.97. The number of hydrogen-bond acceptors (Lipinski definition) is 4. The third-order valence-corrected chi connectivity index (χ3v) is 14.1. The van der Waals surface area contributed by atoms with Crippen LogP contribution < -0.4 is 5.19 Å². The van der Waals surface area contributed by atoms with Crippen LogP contribution in [-0.4, -0.2) is 27.6 Å². The van der Waals surface area contributed by atoms with Crippen molar-refractivity contribution in [2.75, 3.05) is 0 Å². The molecule has 4 heterocycles. The quantitative estimate of drug-likeness (QED) is 0.107. The predicted octanol–water partition coefficient (Wildman–Crippen LogP) is 15.1. The van der Waals surface area contributed by atoms with E-state index in [4.69, 9.17) is 14.4 Å². The Kier molecular flexibility index (Phi) is 13.2. The Balaban J connectivity index is 0.000000232. The van der Waals surface area contributed by atoms with Crippen LogP contribution in [0.25, 0.3) is 83.5 Å². The van der Waals surface area contributed by atoms with Crippen molar-refractivity contribution >= 4 is 57.3 Å².